The summed E-state index contributed by atoms with van der Waals surface area (Å²) in [6, 6.07) is 0. The van der Waals surface area contributed by atoms with Crippen LogP contribution in [0.1, 0.15) is 86.5 Å². The molecular weight excluding hydrogens is 352 g/mol. The molecule has 1 saturated carbocycles. The first-order valence-corrected chi connectivity index (χ1v) is 12.2. The van der Waals surface area contributed by atoms with Gasteiger partial charge in [-0.2, -0.15) is 0 Å². The van der Waals surface area contributed by atoms with E-state index < -0.39 is 0 Å². The van der Waals surface area contributed by atoms with E-state index in [0.29, 0.717) is 23.2 Å². The molecule has 1 N–H and O–H groups in total. The Balaban J connectivity index is 1.73. The zero-order valence-electron chi connectivity index (χ0n) is 19.7. The van der Waals surface area contributed by atoms with Gasteiger partial charge in [0.15, 0.2) is 0 Å². The van der Waals surface area contributed by atoms with Crippen LogP contribution in [0.2, 0.25) is 0 Å². The Hall–Kier alpha value is -1.08. The van der Waals surface area contributed by atoms with Gasteiger partial charge in [-0.3, -0.25) is 0 Å². The molecule has 3 rings (SSSR count). The van der Waals surface area contributed by atoms with E-state index in [2.05, 4.69) is 71.9 Å². The van der Waals surface area contributed by atoms with Gasteiger partial charge >= 0.3 is 0 Å². The standard InChI is InChI=1S/C28H44O/c1-19(2)20(3)9-10-22(5)26-15-16-27-23(8-7-17-28(26,27)6)12-13-24-18-25(29)14-11-21(24)4/h8-10,12-13,19-20,22,25-27,29H,7,11,14-18H2,1-6H3/b10-9+,13-12+/t20-,22+,25-,26+,27-,28-/m1/s1. The second-order valence-electron chi connectivity index (χ2n) is 10.9. The van der Waals surface area contributed by atoms with Crippen molar-refractivity contribution in [3.05, 3.63) is 47.1 Å². The molecule has 1 nitrogen and oxygen atoms in total. The molecule has 0 spiro atoms. The van der Waals surface area contributed by atoms with E-state index in [1.165, 1.54) is 36.8 Å². The Bertz CT molecular complexity index is 691. The maximum absolute atomic E-state index is 10.1. The van der Waals surface area contributed by atoms with Gasteiger partial charge in [-0.25, -0.2) is 0 Å². The molecule has 0 unspecified atom stereocenters. The smallest absolute Gasteiger partial charge is 0.0583 e. The van der Waals surface area contributed by atoms with Crippen molar-refractivity contribution in [2.45, 2.75) is 92.6 Å². The molecule has 0 aliphatic heterocycles. The van der Waals surface area contributed by atoms with E-state index in [9.17, 15) is 5.11 Å². The van der Waals surface area contributed by atoms with Crippen LogP contribution in [0.25, 0.3) is 0 Å². The third-order valence-corrected chi connectivity index (χ3v) is 8.61. The lowest BCUT2D eigenvalue weighted by Gasteiger charge is -2.42. The van der Waals surface area contributed by atoms with E-state index in [-0.39, 0.29) is 6.10 Å². The second kappa shape index (κ2) is 9.38. The Labute approximate surface area is 180 Å². The summed E-state index contributed by atoms with van der Waals surface area (Å²) in [5, 5.41) is 10.1. The summed E-state index contributed by atoms with van der Waals surface area (Å²) < 4.78 is 0. The number of hydrogen-bond donors (Lipinski definition) is 1. The molecule has 6 atom stereocenters. The first-order chi connectivity index (χ1) is 13.7. The number of aliphatic hydroxyl groups is 1. The molecule has 0 radical (unpaired) electrons. The Morgan fingerprint density at radius 3 is 2.55 bits per heavy atom. The molecule has 0 aromatic carbocycles. The summed E-state index contributed by atoms with van der Waals surface area (Å²) in [5.41, 5.74) is 4.82. The summed E-state index contributed by atoms with van der Waals surface area (Å²) >= 11 is 0. The fourth-order valence-electron chi connectivity index (χ4n) is 6.10. The van der Waals surface area contributed by atoms with Gasteiger partial charge in [0.2, 0.25) is 0 Å². The lowest BCUT2D eigenvalue weighted by molar-refractivity contribution is 0.129. The minimum atomic E-state index is -0.152. The summed E-state index contributed by atoms with van der Waals surface area (Å²) in [5.74, 6) is 3.53. The highest BCUT2D eigenvalue weighted by Gasteiger charge is 2.49. The molecule has 0 saturated heterocycles. The third kappa shape index (κ3) is 4.98. The normalized spacial score (nSPS) is 35.4. The fraction of sp³-hybridized carbons (Fsp3) is 0.714. The van der Waals surface area contributed by atoms with Crippen LogP contribution in [0.15, 0.2) is 47.1 Å². The van der Waals surface area contributed by atoms with Crippen molar-refractivity contribution in [3.63, 3.8) is 0 Å². The van der Waals surface area contributed by atoms with E-state index in [1.54, 1.807) is 5.57 Å². The third-order valence-electron chi connectivity index (χ3n) is 8.61. The van der Waals surface area contributed by atoms with Gasteiger partial charge in [0.05, 0.1) is 6.10 Å². The van der Waals surface area contributed by atoms with Crippen LogP contribution in [-0.2, 0) is 0 Å². The predicted molar refractivity (Wildman–Crippen MR) is 126 cm³/mol. The Morgan fingerprint density at radius 1 is 1.07 bits per heavy atom. The highest BCUT2D eigenvalue weighted by Crippen LogP contribution is 2.58. The van der Waals surface area contributed by atoms with E-state index in [0.717, 1.165) is 31.1 Å². The van der Waals surface area contributed by atoms with Crippen LogP contribution in [0.5, 0.6) is 0 Å². The van der Waals surface area contributed by atoms with Crippen LogP contribution in [0.4, 0.5) is 0 Å². The molecule has 3 aliphatic rings. The number of rotatable bonds is 6. The molecule has 0 aromatic rings. The monoisotopic (exact) mass is 396 g/mol. The lowest BCUT2D eigenvalue weighted by Crippen LogP contribution is -2.34. The van der Waals surface area contributed by atoms with E-state index >= 15 is 0 Å². The molecular formula is C28H44O. The van der Waals surface area contributed by atoms with Gasteiger partial charge in [-0.1, -0.05) is 70.6 Å². The van der Waals surface area contributed by atoms with Crippen molar-refractivity contribution >= 4 is 0 Å². The van der Waals surface area contributed by atoms with Crippen molar-refractivity contribution in [2.75, 3.05) is 0 Å². The minimum absolute atomic E-state index is 0.152. The summed E-state index contributed by atoms with van der Waals surface area (Å²) in [6.07, 6.45) is 20.1. The molecule has 0 amide bonds. The number of aliphatic hydroxyl groups excluding tert-OH is 1. The fourth-order valence-corrected chi connectivity index (χ4v) is 6.10. The molecule has 1 heteroatoms. The molecule has 29 heavy (non-hydrogen) atoms. The minimum Gasteiger partial charge on any atom is -0.393 e. The largest absolute Gasteiger partial charge is 0.393 e. The predicted octanol–water partition coefficient (Wildman–Crippen LogP) is 7.64. The summed E-state index contributed by atoms with van der Waals surface area (Å²) in [6.45, 7) is 14.2. The average Bonchev–Trinajstić information content (AvgIpc) is 3.04. The molecule has 0 aromatic heterocycles. The molecule has 0 bridgehead atoms. The number of allylic oxidation sites excluding steroid dienone is 7. The lowest BCUT2D eigenvalue weighted by atomic mass is 9.62. The van der Waals surface area contributed by atoms with Crippen LogP contribution in [0, 0.1) is 35.0 Å². The molecule has 162 valence electrons. The van der Waals surface area contributed by atoms with Gasteiger partial charge in [0.25, 0.3) is 0 Å². The summed E-state index contributed by atoms with van der Waals surface area (Å²) in [7, 11) is 0. The topological polar surface area (TPSA) is 20.2 Å². The maximum atomic E-state index is 10.1. The van der Waals surface area contributed by atoms with Gasteiger partial charge in [0.1, 0.15) is 0 Å². The zero-order valence-corrected chi connectivity index (χ0v) is 19.7. The quantitative estimate of drug-likeness (QED) is 0.457. The van der Waals surface area contributed by atoms with Crippen molar-refractivity contribution in [1.29, 1.82) is 0 Å². The van der Waals surface area contributed by atoms with Crippen molar-refractivity contribution in [2.24, 2.45) is 35.0 Å². The average molecular weight is 397 g/mol. The maximum Gasteiger partial charge on any atom is 0.0583 e. The molecule has 3 aliphatic carbocycles. The highest BCUT2D eigenvalue weighted by atomic mass is 16.3. The van der Waals surface area contributed by atoms with Gasteiger partial charge < -0.3 is 5.11 Å². The van der Waals surface area contributed by atoms with Crippen LogP contribution in [-0.4, -0.2) is 11.2 Å². The summed E-state index contributed by atoms with van der Waals surface area (Å²) in [4.78, 5) is 0. The van der Waals surface area contributed by atoms with Crippen molar-refractivity contribution in [3.8, 4) is 0 Å². The van der Waals surface area contributed by atoms with Gasteiger partial charge in [0, 0.05) is 0 Å². The first kappa shape index (κ1) is 22.6. The molecule has 0 heterocycles. The van der Waals surface area contributed by atoms with Crippen molar-refractivity contribution < 1.29 is 5.11 Å². The zero-order chi connectivity index (χ0) is 21.2. The van der Waals surface area contributed by atoms with Crippen LogP contribution < -0.4 is 0 Å². The van der Waals surface area contributed by atoms with Gasteiger partial charge in [-0.05, 0) is 98.0 Å². The number of hydrogen-bond acceptors (Lipinski definition) is 1. The van der Waals surface area contributed by atoms with E-state index in [1.807, 2.05) is 0 Å². The highest BCUT2D eigenvalue weighted by molar-refractivity contribution is 5.36. The Kier molecular flexibility index (Phi) is 7.31. The van der Waals surface area contributed by atoms with Crippen LogP contribution >= 0.6 is 0 Å². The Morgan fingerprint density at radius 2 is 1.83 bits per heavy atom. The first-order valence-electron chi connectivity index (χ1n) is 12.2. The van der Waals surface area contributed by atoms with Gasteiger partial charge in [-0.15, -0.1) is 0 Å². The number of fused-ring (bicyclic) bond motifs is 1. The second-order valence-corrected chi connectivity index (χ2v) is 10.9. The molecule has 1 fully saturated rings. The van der Waals surface area contributed by atoms with E-state index in [4.69, 9.17) is 0 Å². The van der Waals surface area contributed by atoms with Crippen molar-refractivity contribution in [1.82, 2.24) is 0 Å². The SMILES string of the molecule is CC1=C(/C=C/C2=CCC[C@@]3(C)[C@@H]2CC[C@H]3[C@@H](C)/C=C/[C@@H](C)C(C)C)C[C@H](O)CC1. The van der Waals surface area contributed by atoms with Crippen LogP contribution in [0.3, 0.4) is 0 Å².